The first kappa shape index (κ1) is 25.8. The summed E-state index contributed by atoms with van der Waals surface area (Å²) in [5.41, 5.74) is 2.68. The molecule has 0 bridgehead atoms. The molecule has 3 heterocycles. The van der Waals surface area contributed by atoms with Gasteiger partial charge in [0.2, 0.25) is 0 Å². The number of hydrogen-bond acceptors (Lipinski definition) is 8. The van der Waals surface area contributed by atoms with Crippen molar-refractivity contribution in [3.8, 4) is 11.5 Å². The SMILES string of the molecule is CCOC(=O)c1ccc(OC(c2ccc(OC)cc2)c2ccnc3[nH]nc(N[C@@H]4CCN(C(=O)O)C4)c23)cc1. The Balaban J connectivity index is 1.51. The fourth-order valence-electron chi connectivity index (χ4n) is 4.65. The maximum Gasteiger partial charge on any atom is 0.407 e. The van der Waals surface area contributed by atoms with E-state index >= 15 is 0 Å². The zero-order valence-corrected chi connectivity index (χ0v) is 21.6. The zero-order valence-electron chi connectivity index (χ0n) is 21.6. The molecule has 2 aromatic heterocycles. The van der Waals surface area contributed by atoms with Gasteiger partial charge >= 0.3 is 12.1 Å². The maximum absolute atomic E-state index is 12.1. The van der Waals surface area contributed by atoms with Crippen LogP contribution in [0, 0.1) is 0 Å². The standard InChI is InChI=1S/C28H29N5O6/c1-3-38-27(34)18-6-10-21(11-7-18)39-24(17-4-8-20(37-2)9-5-17)22-12-14-29-25-23(22)26(32-31-25)30-19-13-15-33(16-19)28(35)36/h4-12,14,19,24H,3,13,15-16H2,1-2H3,(H,35,36)(H2,29,30,31,32)/t19-,24?/m1/s1. The van der Waals surface area contributed by atoms with Crippen LogP contribution >= 0.6 is 0 Å². The number of hydrogen-bond donors (Lipinski definition) is 3. The molecule has 0 saturated carbocycles. The molecule has 1 saturated heterocycles. The van der Waals surface area contributed by atoms with Crippen LogP contribution in [0.4, 0.5) is 10.6 Å². The number of benzene rings is 2. The third-order valence-corrected chi connectivity index (χ3v) is 6.61. The van der Waals surface area contributed by atoms with Crippen molar-refractivity contribution < 1.29 is 28.9 Å². The Morgan fingerprint density at radius 1 is 1.13 bits per heavy atom. The van der Waals surface area contributed by atoms with Gasteiger partial charge < -0.3 is 29.5 Å². The van der Waals surface area contributed by atoms with E-state index in [1.165, 1.54) is 4.90 Å². The van der Waals surface area contributed by atoms with Crippen molar-refractivity contribution in [2.24, 2.45) is 0 Å². The molecule has 11 nitrogen and oxygen atoms in total. The van der Waals surface area contributed by atoms with Crippen LogP contribution in [0.2, 0.25) is 0 Å². The number of carbonyl (C=O) groups is 2. The number of esters is 1. The van der Waals surface area contributed by atoms with Crippen LogP contribution < -0.4 is 14.8 Å². The predicted molar refractivity (Wildman–Crippen MR) is 143 cm³/mol. The molecule has 1 fully saturated rings. The molecule has 1 aliphatic rings. The minimum Gasteiger partial charge on any atom is -0.497 e. The van der Waals surface area contributed by atoms with Gasteiger partial charge in [-0.3, -0.25) is 5.10 Å². The summed E-state index contributed by atoms with van der Waals surface area (Å²) in [5, 5.41) is 20.9. The fourth-order valence-corrected chi connectivity index (χ4v) is 4.65. The molecular formula is C28H29N5O6. The highest BCUT2D eigenvalue weighted by molar-refractivity contribution is 5.91. The third kappa shape index (κ3) is 5.57. The van der Waals surface area contributed by atoms with Crippen LogP contribution in [0.25, 0.3) is 11.0 Å². The first-order chi connectivity index (χ1) is 19.0. The molecular weight excluding hydrogens is 502 g/mol. The summed E-state index contributed by atoms with van der Waals surface area (Å²) < 4.78 is 17.0. The topological polar surface area (TPSA) is 139 Å². The maximum atomic E-state index is 12.1. The molecule has 1 unspecified atom stereocenters. The molecule has 2 aromatic carbocycles. The number of ether oxygens (including phenoxy) is 3. The molecule has 0 radical (unpaired) electrons. The number of likely N-dealkylation sites (tertiary alicyclic amines) is 1. The molecule has 0 aliphatic carbocycles. The Morgan fingerprint density at radius 3 is 2.54 bits per heavy atom. The van der Waals surface area contributed by atoms with E-state index in [0.717, 1.165) is 16.5 Å². The van der Waals surface area contributed by atoms with E-state index in [4.69, 9.17) is 14.2 Å². The number of fused-ring (bicyclic) bond motifs is 1. The normalized spacial score (nSPS) is 15.6. The minimum atomic E-state index is -0.935. The second-order valence-electron chi connectivity index (χ2n) is 9.07. The lowest BCUT2D eigenvalue weighted by molar-refractivity contribution is 0.0526. The molecule has 1 aliphatic heterocycles. The highest BCUT2D eigenvalue weighted by Gasteiger charge is 2.28. The van der Waals surface area contributed by atoms with Crippen molar-refractivity contribution in [3.05, 3.63) is 77.5 Å². The summed E-state index contributed by atoms with van der Waals surface area (Å²) in [5.74, 6) is 1.45. The number of methoxy groups -OCH3 is 1. The van der Waals surface area contributed by atoms with E-state index in [0.29, 0.717) is 54.6 Å². The van der Waals surface area contributed by atoms with Gasteiger partial charge in [0.15, 0.2) is 11.5 Å². The first-order valence-corrected chi connectivity index (χ1v) is 12.6. The number of aromatic amines is 1. The number of nitrogens with zero attached hydrogens (tertiary/aromatic N) is 3. The molecule has 1 amide bonds. The van der Waals surface area contributed by atoms with Crippen LogP contribution in [0.5, 0.6) is 11.5 Å². The van der Waals surface area contributed by atoms with E-state index in [1.807, 2.05) is 30.3 Å². The fraction of sp³-hybridized carbons (Fsp3) is 0.286. The number of rotatable bonds is 9. The van der Waals surface area contributed by atoms with Gasteiger partial charge in [-0.2, -0.15) is 5.10 Å². The number of nitrogens with one attached hydrogen (secondary N) is 2. The molecule has 4 aromatic rings. The number of pyridine rings is 1. The van der Waals surface area contributed by atoms with Crippen molar-refractivity contribution >= 4 is 28.9 Å². The van der Waals surface area contributed by atoms with Crippen LogP contribution in [0.1, 0.15) is 40.9 Å². The second-order valence-corrected chi connectivity index (χ2v) is 9.07. The van der Waals surface area contributed by atoms with Crippen molar-refractivity contribution in [1.29, 1.82) is 0 Å². The lowest BCUT2D eigenvalue weighted by Crippen LogP contribution is -2.30. The lowest BCUT2D eigenvalue weighted by Gasteiger charge is -2.22. The number of anilines is 1. The van der Waals surface area contributed by atoms with Gasteiger partial charge in [0.1, 0.15) is 17.6 Å². The Hall–Kier alpha value is -4.80. The summed E-state index contributed by atoms with van der Waals surface area (Å²) in [4.78, 5) is 29.3. The van der Waals surface area contributed by atoms with E-state index in [1.54, 1.807) is 44.5 Å². The Kier molecular flexibility index (Phi) is 7.48. The highest BCUT2D eigenvalue weighted by atomic mass is 16.5. The van der Waals surface area contributed by atoms with Gasteiger partial charge in [0, 0.05) is 30.9 Å². The number of carbonyl (C=O) groups excluding carboxylic acids is 1. The van der Waals surface area contributed by atoms with Crippen molar-refractivity contribution in [2.45, 2.75) is 25.5 Å². The number of H-pyrrole nitrogens is 1. The monoisotopic (exact) mass is 531 g/mol. The van der Waals surface area contributed by atoms with E-state index in [9.17, 15) is 14.7 Å². The summed E-state index contributed by atoms with van der Waals surface area (Å²) in [6.07, 6.45) is 0.856. The molecule has 39 heavy (non-hydrogen) atoms. The Labute approximate surface area is 224 Å². The van der Waals surface area contributed by atoms with Crippen molar-refractivity contribution in [2.75, 3.05) is 32.1 Å². The smallest absolute Gasteiger partial charge is 0.407 e. The van der Waals surface area contributed by atoms with Crippen LogP contribution in [0.15, 0.2) is 60.8 Å². The largest absolute Gasteiger partial charge is 0.497 e. The number of aromatic nitrogens is 3. The number of carboxylic acid groups (broad SMARTS) is 1. The van der Waals surface area contributed by atoms with Gasteiger partial charge in [-0.25, -0.2) is 14.6 Å². The van der Waals surface area contributed by atoms with Gasteiger partial charge in [0.05, 0.1) is 24.7 Å². The Bertz CT molecular complexity index is 1450. The average molecular weight is 532 g/mol. The summed E-state index contributed by atoms with van der Waals surface area (Å²) >= 11 is 0. The molecule has 0 spiro atoms. The molecule has 2 atom stereocenters. The Morgan fingerprint density at radius 2 is 1.87 bits per heavy atom. The predicted octanol–water partition coefficient (Wildman–Crippen LogP) is 4.48. The molecule has 5 rings (SSSR count). The van der Waals surface area contributed by atoms with Gasteiger partial charge in [-0.1, -0.05) is 12.1 Å². The van der Waals surface area contributed by atoms with Gasteiger partial charge in [0.25, 0.3) is 0 Å². The quantitative estimate of drug-likeness (QED) is 0.267. The van der Waals surface area contributed by atoms with Gasteiger partial charge in [-0.05, 0) is 61.4 Å². The summed E-state index contributed by atoms with van der Waals surface area (Å²) in [6.45, 7) is 2.88. The van der Waals surface area contributed by atoms with E-state index in [-0.39, 0.29) is 6.04 Å². The van der Waals surface area contributed by atoms with Crippen molar-refractivity contribution in [1.82, 2.24) is 20.1 Å². The third-order valence-electron chi connectivity index (χ3n) is 6.61. The average Bonchev–Trinajstić information content (AvgIpc) is 3.60. The summed E-state index contributed by atoms with van der Waals surface area (Å²) in [6, 6.07) is 16.2. The van der Waals surface area contributed by atoms with E-state index < -0.39 is 18.2 Å². The lowest BCUT2D eigenvalue weighted by atomic mass is 9.99. The van der Waals surface area contributed by atoms with Crippen molar-refractivity contribution in [3.63, 3.8) is 0 Å². The van der Waals surface area contributed by atoms with E-state index in [2.05, 4.69) is 20.5 Å². The van der Waals surface area contributed by atoms with Crippen LogP contribution in [0.3, 0.4) is 0 Å². The van der Waals surface area contributed by atoms with Crippen LogP contribution in [-0.2, 0) is 4.74 Å². The molecule has 3 N–H and O–H groups in total. The van der Waals surface area contributed by atoms with Gasteiger partial charge in [-0.15, -0.1) is 0 Å². The number of amides is 1. The molecule has 11 heteroatoms. The second kappa shape index (κ2) is 11.3. The minimum absolute atomic E-state index is 0.0866. The highest BCUT2D eigenvalue weighted by Crippen LogP contribution is 2.36. The zero-order chi connectivity index (χ0) is 27.4. The molecule has 202 valence electrons. The van der Waals surface area contributed by atoms with Crippen LogP contribution in [-0.4, -0.2) is 70.1 Å². The summed E-state index contributed by atoms with van der Waals surface area (Å²) in [7, 11) is 1.61. The first-order valence-electron chi connectivity index (χ1n) is 12.6.